The van der Waals surface area contributed by atoms with Crippen molar-refractivity contribution in [2.45, 2.75) is 18.9 Å². The van der Waals surface area contributed by atoms with Gasteiger partial charge < -0.3 is 9.47 Å². The summed E-state index contributed by atoms with van der Waals surface area (Å²) in [5.41, 5.74) is 3.31. The van der Waals surface area contributed by atoms with Crippen LogP contribution >= 0.6 is 23.2 Å². The van der Waals surface area contributed by atoms with Gasteiger partial charge in [-0.25, -0.2) is 9.37 Å². The van der Waals surface area contributed by atoms with Gasteiger partial charge in [0.05, 0.1) is 17.6 Å². The van der Waals surface area contributed by atoms with Crippen LogP contribution < -0.4 is 4.90 Å². The predicted molar refractivity (Wildman–Crippen MR) is 121 cm³/mol. The molecule has 0 radical (unpaired) electrons. The average Bonchev–Trinajstić information content (AvgIpc) is 3.32. The monoisotopic (exact) mass is 453 g/mol. The van der Waals surface area contributed by atoms with Gasteiger partial charge in [-0.2, -0.15) is 0 Å². The Morgan fingerprint density at radius 2 is 1.68 bits per heavy atom. The zero-order valence-corrected chi connectivity index (χ0v) is 17.9. The van der Waals surface area contributed by atoms with Crippen LogP contribution in [0.1, 0.15) is 23.7 Å². The van der Waals surface area contributed by atoms with Crippen molar-refractivity contribution in [3.05, 3.63) is 94.0 Å². The third kappa shape index (κ3) is 3.68. The number of amides is 1. The molecule has 1 aliphatic rings. The SMILES string of the molecule is O=C1CC(c2nc3ccccc3n2Cc2c(Cl)cccc2Cl)CN1c1ccc(F)cc1. The van der Waals surface area contributed by atoms with Crippen molar-refractivity contribution in [1.29, 1.82) is 0 Å². The van der Waals surface area contributed by atoms with Gasteiger partial charge in [0.15, 0.2) is 0 Å². The number of halogens is 3. The van der Waals surface area contributed by atoms with Crippen LogP contribution in [0.4, 0.5) is 10.1 Å². The zero-order chi connectivity index (χ0) is 21.5. The Balaban J connectivity index is 1.55. The summed E-state index contributed by atoms with van der Waals surface area (Å²) in [4.78, 5) is 19.3. The van der Waals surface area contributed by atoms with Gasteiger partial charge in [0.1, 0.15) is 11.6 Å². The number of hydrogen-bond donors (Lipinski definition) is 0. The van der Waals surface area contributed by atoms with E-state index in [1.807, 2.05) is 42.5 Å². The summed E-state index contributed by atoms with van der Waals surface area (Å²) in [7, 11) is 0. The van der Waals surface area contributed by atoms with Gasteiger partial charge in [0.25, 0.3) is 0 Å². The number of carbonyl (C=O) groups excluding carboxylic acids is 1. The van der Waals surface area contributed by atoms with E-state index in [2.05, 4.69) is 4.57 Å². The fraction of sp³-hybridized carbons (Fsp3) is 0.167. The molecule has 1 fully saturated rings. The Labute approximate surface area is 188 Å². The normalized spacial score (nSPS) is 16.4. The molecule has 1 unspecified atom stereocenters. The minimum absolute atomic E-state index is 0.00834. The van der Waals surface area contributed by atoms with E-state index in [0.29, 0.717) is 35.2 Å². The molecule has 4 aromatic rings. The van der Waals surface area contributed by atoms with Crippen LogP contribution in [-0.2, 0) is 11.3 Å². The summed E-state index contributed by atoms with van der Waals surface area (Å²) in [6.45, 7) is 0.930. The second-order valence-corrected chi connectivity index (χ2v) is 8.44. The third-order valence-corrected chi connectivity index (χ3v) is 6.40. The molecule has 0 saturated carbocycles. The molecule has 4 nitrogen and oxygen atoms in total. The number of carbonyl (C=O) groups is 1. The van der Waals surface area contributed by atoms with Crippen molar-refractivity contribution in [1.82, 2.24) is 9.55 Å². The molecule has 1 saturated heterocycles. The topological polar surface area (TPSA) is 38.1 Å². The first-order chi connectivity index (χ1) is 15.0. The van der Waals surface area contributed by atoms with E-state index in [4.69, 9.17) is 28.2 Å². The molecule has 7 heteroatoms. The van der Waals surface area contributed by atoms with Crippen LogP contribution in [0.2, 0.25) is 10.0 Å². The highest BCUT2D eigenvalue weighted by atomic mass is 35.5. The first-order valence-electron chi connectivity index (χ1n) is 9.95. The molecule has 5 rings (SSSR count). The fourth-order valence-electron chi connectivity index (χ4n) is 4.16. The van der Waals surface area contributed by atoms with Gasteiger partial charge in [-0.05, 0) is 48.5 Å². The highest BCUT2D eigenvalue weighted by Crippen LogP contribution is 2.35. The van der Waals surface area contributed by atoms with Crippen molar-refractivity contribution in [3.8, 4) is 0 Å². The zero-order valence-electron chi connectivity index (χ0n) is 16.4. The molecular formula is C24H18Cl2FN3O. The summed E-state index contributed by atoms with van der Waals surface area (Å²) in [6, 6.07) is 19.3. The molecule has 0 spiro atoms. The lowest BCUT2D eigenvalue weighted by Crippen LogP contribution is -2.24. The summed E-state index contributed by atoms with van der Waals surface area (Å²) in [5, 5.41) is 1.18. The molecule has 1 aromatic heterocycles. The highest BCUT2D eigenvalue weighted by Gasteiger charge is 2.35. The number of para-hydroxylation sites is 2. The number of aromatic nitrogens is 2. The molecule has 0 N–H and O–H groups in total. The van der Waals surface area contributed by atoms with Gasteiger partial charge in [-0.3, -0.25) is 4.79 Å². The molecule has 31 heavy (non-hydrogen) atoms. The van der Waals surface area contributed by atoms with Gasteiger partial charge in [-0.1, -0.05) is 41.4 Å². The lowest BCUT2D eigenvalue weighted by atomic mass is 10.1. The van der Waals surface area contributed by atoms with Crippen LogP contribution in [-0.4, -0.2) is 22.0 Å². The smallest absolute Gasteiger partial charge is 0.227 e. The Morgan fingerprint density at radius 3 is 2.42 bits per heavy atom. The number of hydrogen-bond acceptors (Lipinski definition) is 2. The number of benzene rings is 3. The van der Waals surface area contributed by atoms with Gasteiger partial charge >= 0.3 is 0 Å². The third-order valence-electron chi connectivity index (χ3n) is 5.69. The van der Waals surface area contributed by atoms with Gasteiger partial charge in [0.2, 0.25) is 5.91 Å². The average molecular weight is 454 g/mol. The second-order valence-electron chi connectivity index (χ2n) is 7.63. The second kappa shape index (κ2) is 7.98. The molecule has 3 aromatic carbocycles. The number of fused-ring (bicyclic) bond motifs is 1. The molecule has 156 valence electrons. The molecule has 1 atom stereocenters. The van der Waals surface area contributed by atoms with Crippen LogP contribution in [0, 0.1) is 5.82 Å². The van der Waals surface area contributed by atoms with Gasteiger partial charge in [0, 0.05) is 40.2 Å². The van der Waals surface area contributed by atoms with Crippen molar-refractivity contribution in [2.24, 2.45) is 0 Å². The largest absolute Gasteiger partial charge is 0.323 e. The predicted octanol–water partition coefficient (Wildman–Crippen LogP) is 6.05. The summed E-state index contributed by atoms with van der Waals surface area (Å²) >= 11 is 12.9. The molecule has 0 aliphatic carbocycles. The van der Waals surface area contributed by atoms with Crippen molar-refractivity contribution in [2.75, 3.05) is 11.4 Å². The highest BCUT2D eigenvalue weighted by molar-refractivity contribution is 6.36. The lowest BCUT2D eigenvalue weighted by Gasteiger charge is -2.18. The Bertz CT molecular complexity index is 1270. The molecule has 2 heterocycles. The van der Waals surface area contributed by atoms with E-state index in [1.54, 1.807) is 17.0 Å². The molecule has 1 amide bonds. The van der Waals surface area contributed by atoms with Crippen LogP contribution in [0.3, 0.4) is 0 Å². The van der Waals surface area contributed by atoms with E-state index in [-0.39, 0.29) is 17.6 Å². The van der Waals surface area contributed by atoms with Gasteiger partial charge in [-0.15, -0.1) is 0 Å². The van der Waals surface area contributed by atoms with Crippen molar-refractivity contribution >= 4 is 45.8 Å². The van der Waals surface area contributed by atoms with Crippen molar-refractivity contribution in [3.63, 3.8) is 0 Å². The standard InChI is InChI=1S/C24H18Cl2FN3O/c25-19-4-3-5-20(26)18(19)14-30-22-7-2-1-6-21(22)28-24(30)15-12-23(31)29(13-15)17-10-8-16(27)9-11-17/h1-11,15H,12-14H2. The lowest BCUT2D eigenvalue weighted by molar-refractivity contribution is -0.117. The quantitative estimate of drug-likeness (QED) is 0.377. The first kappa shape index (κ1) is 20.0. The van der Waals surface area contributed by atoms with E-state index in [9.17, 15) is 9.18 Å². The summed E-state index contributed by atoms with van der Waals surface area (Å²) < 4.78 is 15.4. The molecule has 1 aliphatic heterocycles. The van der Waals surface area contributed by atoms with Crippen LogP contribution in [0.15, 0.2) is 66.7 Å². The Hall–Kier alpha value is -2.89. The van der Waals surface area contributed by atoms with Crippen molar-refractivity contribution < 1.29 is 9.18 Å². The minimum atomic E-state index is -0.328. The van der Waals surface area contributed by atoms with E-state index in [1.165, 1.54) is 12.1 Å². The first-order valence-corrected chi connectivity index (χ1v) is 10.7. The Morgan fingerprint density at radius 1 is 0.968 bits per heavy atom. The molecular weight excluding hydrogens is 436 g/mol. The van der Waals surface area contributed by atoms with E-state index >= 15 is 0 Å². The molecule has 0 bridgehead atoms. The number of nitrogens with zero attached hydrogens (tertiary/aromatic N) is 3. The Kier molecular flexibility index (Phi) is 5.16. The maximum Gasteiger partial charge on any atom is 0.227 e. The van der Waals surface area contributed by atoms with Crippen LogP contribution in [0.25, 0.3) is 11.0 Å². The number of imidazole rings is 1. The van der Waals surface area contributed by atoms with E-state index in [0.717, 1.165) is 22.4 Å². The maximum atomic E-state index is 13.3. The van der Waals surface area contributed by atoms with E-state index < -0.39 is 0 Å². The number of anilines is 1. The summed E-state index contributed by atoms with van der Waals surface area (Å²) in [6.07, 6.45) is 0.330. The van der Waals surface area contributed by atoms with Crippen LogP contribution in [0.5, 0.6) is 0 Å². The number of rotatable bonds is 4. The minimum Gasteiger partial charge on any atom is -0.323 e. The fourth-order valence-corrected chi connectivity index (χ4v) is 4.68. The summed E-state index contributed by atoms with van der Waals surface area (Å²) in [5.74, 6) is 0.373. The maximum absolute atomic E-state index is 13.3.